The minimum atomic E-state index is -1.64. The van der Waals surface area contributed by atoms with Crippen LogP contribution < -0.4 is 83.1 Å². The number of amides is 10. The zero-order valence-corrected chi connectivity index (χ0v) is 40.3. The molecule has 0 radical (unpaired) electrons. The third kappa shape index (κ3) is 28.6. The molecule has 0 aliphatic heterocycles. The van der Waals surface area contributed by atoms with Gasteiger partial charge < -0.3 is 93.3 Å². The lowest BCUT2D eigenvalue weighted by molar-refractivity contribution is -0.139. The van der Waals surface area contributed by atoms with Gasteiger partial charge in [0, 0.05) is 32.4 Å². The molecule has 25 N–H and O–H groups in total. The summed E-state index contributed by atoms with van der Waals surface area (Å²) in [5.74, 6) is -12.8. The van der Waals surface area contributed by atoms with Crippen molar-refractivity contribution in [2.45, 2.75) is 132 Å². The number of thioether (sulfide) groups is 1. The van der Waals surface area contributed by atoms with Crippen molar-refractivity contribution in [1.29, 1.82) is 0 Å². The van der Waals surface area contributed by atoms with Gasteiger partial charge in [-0.05, 0) is 70.3 Å². The minimum absolute atomic E-state index is 0.0237. The lowest BCUT2D eigenvalue weighted by atomic mass is 10.0. The molecule has 10 amide bonds. The lowest BCUT2D eigenvalue weighted by Gasteiger charge is -2.27. The average molecular weight is 1030 g/mol. The van der Waals surface area contributed by atoms with Gasteiger partial charge in [-0.15, -0.1) is 0 Å². The number of primary amides is 3. The first kappa shape index (κ1) is 63.5. The van der Waals surface area contributed by atoms with E-state index in [9.17, 15) is 62.6 Å². The number of aliphatic imine (C=N–C) groups is 2. The quantitative estimate of drug-likeness (QED) is 0.0156. The molecule has 0 saturated carbocycles. The maximum absolute atomic E-state index is 14.1. The molecule has 0 fully saturated rings. The van der Waals surface area contributed by atoms with Crippen LogP contribution in [0.3, 0.4) is 0 Å². The molecule has 8 atom stereocenters. The smallest absolute Gasteiger partial charge is 0.303 e. The third-order valence-corrected chi connectivity index (χ3v) is 10.5. The van der Waals surface area contributed by atoms with E-state index in [4.69, 9.17) is 51.0 Å². The van der Waals surface area contributed by atoms with Gasteiger partial charge in [0.2, 0.25) is 59.1 Å². The third-order valence-electron chi connectivity index (χ3n) is 9.82. The second-order valence-corrected chi connectivity index (χ2v) is 16.8. The summed E-state index contributed by atoms with van der Waals surface area (Å²) >= 11 is 1.25. The van der Waals surface area contributed by atoms with Gasteiger partial charge in [0.15, 0.2) is 11.9 Å². The molecule has 0 spiro atoms. The van der Waals surface area contributed by atoms with Gasteiger partial charge in [0.25, 0.3) is 0 Å². The molecule has 0 aliphatic rings. The van der Waals surface area contributed by atoms with E-state index in [-0.39, 0.29) is 69.3 Å². The molecule has 0 bridgehead atoms. The molecule has 0 aromatic heterocycles. The van der Waals surface area contributed by atoms with Crippen molar-refractivity contribution in [3.63, 3.8) is 0 Å². The molecular formula is C39H69N17O14S. The number of nitrogens with two attached hydrogens (primary N) is 8. The number of hydrogen-bond acceptors (Lipinski definition) is 16. The van der Waals surface area contributed by atoms with Gasteiger partial charge in [-0.3, -0.25) is 67.5 Å². The molecule has 71 heavy (non-hydrogen) atoms. The second-order valence-electron chi connectivity index (χ2n) is 15.8. The standard InChI is InChI=1S/C39H69N17O14S/c1-18(31(64)56-25(30(43)63)17-27(42)58)50-33(66)20(5-3-14-48-38(44)45)52-34(67)21(6-4-15-49-39(46)47)53-35(68)22(8-10-26(41)57)54-37(70)24(13-16-71-2)55-36(69)23(9-12-29(61)62)51-32(65)19(40)7-11-28(59)60/h18-25H,3-17,40H2,1-2H3,(H2,41,57)(H2,42,58)(H2,43,63)(H,50,66)(H,51,65)(H,52,67)(H,53,68)(H,54,70)(H,55,69)(H,56,64)(H,59,60)(H,61,62)(H4,44,45,48)(H4,46,47,49)/t18-,19-,20-,21-,22-,23-,24-,25-/m0/s1. The average Bonchev–Trinajstić information content (AvgIpc) is 3.27. The van der Waals surface area contributed by atoms with Crippen LogP contribution in [0.2, 0.25) is 0 Å². The van der Waals surface area contributed by atoms with Gasteiger partial charge in [-0.25, -0.2) is 0 Å². The van der Waals surface area contributed by atoms with Crippen molar-refractivity contribution in [2.75, 3.05) is 25.1 Å². The number of rotatable bonds is 37. The monoisotopic (exact) mass is 1030 g/mol. The molecule has 0 unspecified atom stereocenters. The Morgan fingerprint density at radius 1 is 0.465 bits per heavy atom. The molecule has 0 aliphatic carbocycles. The van der Waals surface area contributed by atoms with E-state index in [1.54, 1.807) is 6.26 Å². The highest BCUT2D eigenvalue weighted by Crippen LogP contribution is 2.10. The molecule has 0 heterocycles. The molecule has 400 valence electrons. The topological polar surface area (TPSA) is 562 Å². The highest BCUT2D eigenvalue weighted by molar-refractivity contribution is 7.98. The largest absolute Gasteiger partial charge is 0.481 e. The van der Waals surface area contributed by atoms with Crippen LogP contribution in [0, 0.1) is 0 Å². The Balaban J connectivity index is 6.81. The predicted molar refractivity (Wildman–Crippen MR) is 255 cm³/mol. The fraction of sp³-hybridized carbons (Fsp3) is 0.641. The summed E-state index contributed by atoms with van der Waals surface area (Å²) in [5.41, 5.74) is 43.3. The maximum atomic E-state index is 14.1. The van der Waals surface area contributed by atoms with Crippen LogP contribution in [0.25, 0.3) is 0 Å². The number of guanidine groups is 2. The molecule has 0 aromatic rings. The van der Waals surface area contributed by atoms with Crippen molar-refractivity contribution in [3.05, 3.63) is 0 Å². The number of carbonyl (C=O) groups is 12. The zero-order valence-electron chi connectivity index (χ0n) is 39.4. The molecule has 31 nitrogen and oxygen atoms in total. The highest BCUT2D eigenvalue weighted by atomic mass is 32.2. The fourth-order valence-corrected chi connectivity index (χ4v) is 6.49. The van der Waals surface area contributed by atoms with Crippen molar-refractivity contribution >= 4 is 94.7 Å². The Morgan fingerprint density at radius 2 is 0.831 bits per heavy atom. The summed E-state index contributed by atoms with van der Waals surface area (Å²) in [4.78, 5) is 160. The first-order valence-corrected chi connectivity index (χ1v) is 23.4. The van der Waals surface area contributed by atoms with E-state index in [1.807, 2.05) is 0 Å². The van der Waals surface area contributed by atoms with Crippen LogP contribution in [0.5, 0.6) is 0 Å². The summed E-state index contributed by atoms with van der Waals surface area (Å²) < 4.78 is 0. The van der Waals surface area contributed by atoms with E-state index >= 15 is 0 Å². The summed E-state index contributed by atoms with van der Waals surface area (Å²) in [7, 11) is 0. The molecule has 32 heteroatoms. The Morgan fingerprint density at radius 3 is 1.21 bits per heavy atom. The maximum Gasteiger partial charge on any atom is 0.303 e. The number of carboxylic acid groups (broad SMARTS) is 2. The summed E-state index contributed by atoms with van der Waals surface area (Å²) in [6.45, 7) is 1.14. The summed E-state index contributed by atoms with van der Waals surface area (Å²) in [6.07, 6.45) is -2.18. The summed E-state index contributed by atoms with van der Waals surface area (Å²) in [5, 5.41) is 35.0. The van der Waals surface area contributed by atoms with Crippen molar-refractivity contribution < 1.29 is 67.7 Å². The van der Waals surface area contributed by atoms with Crippen LogP contribution in [0.4, 0.5) is 0 Å². The Labute approximate surface area is 412 Å². The first-order chi connectivity index (χ1) is 33.2. The number of nitrogens with zero attached hydrogens (tertiary/aromatic N) is 2. The van der Waals surface area contributed by atoms with E-state index in [0.29, 0.717) is 0 Å². The van der Waals surface area contributed by atoms with E-state index < -0.39 is 158 Å². The first-order valence-electron chi connectivity index (χ1n) is 22.0. The molecule has 0 aromatic carbocycles. The van der Waals surface area contributed by atoms with E-state index in [1.165, 1.54) is 18.7 Å². The molecule has 0 rings (SSSR count). The van der Waals surface area contributed by atoms with Gasteiger partial charge in [0.1, 0.15) is 42.3 Å². The van der Waals surface area contributed by atoms with Gasteiger partial charge in [0.05, 0.1) is 12.5 Å². The lowest BCUT2D eigenvalue weighted by Crippen LogP contribution is -2.60. The van der Waals surface area contributed by atoms with Gasteiger partial charge in [-0.2, -0.15) is 11.8 Å². The SMILES string of the molecule is CSCC[C@H](NC(=O)[C@H](CCC(=O)O)NC(=O)[C@@H](N)CCC(=O)O)C(=O)N[C@@H](CCC(N)=O)C(=O)N[C@@H](CCCN=C(N)N)C(=O)N[C@@H](CCCN=C(N)N)C(=O)N[C@@H](C)C(=O)N[C@@H](CC(N)=O)C(N)=O. The Hall–Kier alpha value is -7.51. The number of carbonyl (C=O) groups excluding carboxylic acids is 10. The van der Waals surface area contributed by atoms with Crippen molar-refractivity contribution in [1.82, 2.24) is 37.2 Å². The van der Waals surface area contributed by atoms with Crippen LogP contribution in [-0.4, -0.2) is 167 Å². The van der Waals surface area contributed by atoms with Crippen molar-refractivity contribution in [3.8, 4) is 0 Å². The molecular weight excluding hydrogens is 963 g/mol. The number of hydrogen-bond donors (Lipinski definition) is 17. The zero-order chi connectivity index (χ0) is 54.4. The van der Waals surface area contributed by atoms with Gasteiger partial charge >= 0.3 is 11.9 Å². The second kappa shape index (κ2) is 33.9. The predicted octanol–water partition coefficient (Wildman–Crippen LogP) is -8.06. The Bertz CT molecular complexity index is 1950. The van der Waals surface area contributed by atoms with E-state index in [0.717, 1.165) is 0 Å². The Kier molecular flexibility index (Phi) is 30.3. The fourth-order valence-electron chi connectivity index (χ4n) is 6.02. The van der Waals surface area contributed by atoms with Gasteiger partial charge in [-0.1, -0.05) is 0 Å². The van der Waals surface area contributed by atoms with Crippen LogP contribution in [0.1, 0.15) is 84.0 Å². The highest BCUT2D eigenvalue weighted by Gasteiger charge is 2.34. The van der Waals surface area contributed by atoms with Crippen LogP contribution in [0.15, 0.2) is 9.98 Å². The van der Waals surface area contributed by atoms with Crippen LogP contribution >= 0.6 is 11.8 Å². The summed E-state index contributed by atoms with van der Waals surface area (Å²) in [6, 6.07) is -12.0. The minimum Gasteiger partial charge on any atom is -0.481 e. The van der Waals surface area contributed by atoms with Crippen molar-refractivity contribution in [2.24, 2.45) is 55.9 Å². The normalized spacial score (nSPS) is 14.1. The number of carboxylic acids is 2. The number of aliphatic carboxylic acids is 2. The van der Waals surface area contributed by atoms with Crippen LogP contribution in [-0.2, 0) is 57.5 Å². The number of nitrogens with one attached hydrogen (secondary N) is 7. The van der Waals surface area contributed by atoms with E-state index in [2.05, 4.69) is 47.2 Å². The molecule has 0 saturated heterocycles.